The van der Waals surface area contributed by atoms with Crippen LogP contribution in [0.1, 0.15) is 32.1 Å². The van der Waals surface area contributed by atoms with Crippen LogP contribution in [0.3, 0.4) is 0 Å². The van der Waals surface area contributed by atoms with Crippen molar-refractivity contribution >= 4 is 33.1 Å². The summed E-state index contributed by atoms with van der Waals surface area (Å²) < 4.78 is 27.4. The molecule has 4 nitrogen and oxygen atoms in total. The molecule has 0 saturated heterocycles. The first-order chi connectivity index (χ1) is 9.30. The molecule has 0 fully saturated rings. The van der Waals surface area contributed by atoms with E-state index in [1.54, 1.807) is 17.8 Å². The van der Waals surface area contributed by atoms with E-state index in [2.05, 4.69) is 17.0 Å². The molecule has 0 unspecified atom stereocenters. The normalized spacial score (nSPS) is 12.8. The van der Waals surface area contributed by atoms with Crippen LogP contribution >= 0.6 is 23.1 Å². The fraction of sp³-hybridized carbons (Fsp3) is 0.692. The van der Waals surface area contributed by atoms with E-state index in [1.807, 2.05) is 26.2 Å². The number of hydrogen-bond acceptors (Lipinski definition) is 5. The molecular formula is C13H24N2O2S3. The first-order valence-electron chi connectivity index (χ1n) is 6.65. The molecule has 0 aliphatic rings. The largest absolute Gasteiger partial charge is 0.312 e. The molecule has 1 aromatic heterocycles. The first-order valence-corrected chi connectivity index (χ1v) is 10.2. The standard InChI is InChI=1S/C13H24N2O2S3/c1-5-8-14-9-11-6-7-12(19-11)20(16,17)15-10-13(2,3)18-4/h6-7,14-15H,5,8-10H2,1-4H3. The van der Waals surface area contributed by atoms with Crippen molar-refractivity contribution in [2.45, 2.75) is 42.7 Å². The van der Waals surface area contributed by atoms with Crippen molar-refractivity contribution in [2.75, 3.05) is 19.3 Å². The van der Waals surface area contributed by atoms with Gasteiger partial charge in [0.05, 0.1) is 0 Å². The Kier molecular flexibility index (Phi) is 7.00. The average Bonchev–Trinajstić information content (AvgIpc) is 2.87. The van der Waals surface area contributed by atoms with Gasteiger partial charge in [0.2, 0.25) is 10.0 Å². The van der Waals surface area contributed by atoms with Gasteiger partial charge in [0.1, 0.15) is 4.21 Å². The van der Waals surface area contributed by atoms with E-state index >= 15 is 0 Å². The van der Waals surface area contributed by atoms with Crippen molar-refractivity contribution in [3.8, 4) is 0 Å². The molecule has 7 heteroatoms. The molecule has 0 aliphatic heterocycles. The van der Waals surface area contributed by atoms with Gasteiger partial charge in [-0.3, -0.25) is 0 Å². The highest BCUT2D eigenvalue weighted by molar-refractivity contribution is 8.00. The molecule has 0 bridgehead atoms. The van der Waals surface area contributed by atoms with E-state index in [0.29, 0.717) is 10.8 Å². The smallest absolute Gasteiger partial charge is 0.250 e. The van der Waals surface area contributed by atoms with Gasteiger partial charge in [-0.2, -0.15) is 11.8 Å². The van der Waals surface area contributed by atoms with Gasteiger partial charge in [-0.05, 0) is 45.2 Å². The van der Waals surface area contributed by atoms with E-state index in [4.69, 9.17) is 0 Å². The third-order valence-corrected chi connectivity index (χ3v) is 7.10. The van der Waals surface area contributed by atoms with Crippen molar-refractivity contribution in [3.63, 3.8) is 0 Å². The van der Waals surface area contributed by atoms with Gasteiger partial charge in [0.15, 0.2) is 0 Å². The number of hydrogen-bond donors (Lipinski definition) is 2. The van der Waals surface area contributed by atoms with Crippen LogP contribution in [0.2, 0.25) is 0 Å². The topological polar surface area (TPSA) is 58.2 Å². The minimum atomic E-state index is -3.39. The fourth-order valence-electron chi connectivity index (χ4n) is 1.40. The van der Waals surface area contributed by atoms with Crippen molar-refractivity contribution in [1.29, 1.82) is 0 Å². The van der Waals surface area contributed by atoms with E-state index < -0.39 is 10.0 Å². The zero-order valence-corrected chi connectivity index (χ0v) is 15.0. The number of sulfonamides is 1. The van der Waals surface area contributed by atoms with Crippen molar-refractivity contribution in [2.24, 2.45) is 0 Å². The van der Waals surface area contributed by atoms with Gasteiger partial charge in [-0.1, -0.05) is 6.92 Å². The maximum absolute atomic E-state index is 12.2. The third kappa shape index (κ3) is 5.73. The highest BCUT2D eigenvalue weighted by Gasteiger charge is 2.22. The molecule has 0 aliphatic carbocycles. The van der Waals surface area contributed by atoms with Crippen molar-refractivity contribution in [1.82, 2.24) is 10.0 Å². The maximum Gasteiger partial charge on any atom is 0.250 e. The lowest BCUT2D eigenvalue weighted by atomic mass is 10.2. The predicted molar refractivity (Wildman–Crippen MR) is 89.1 cm³/mol. The Bertz CT molecular complexity index is 509. The molecule has 116 valence electrons. The minimum absolute atomic E-state index is 0.101. The lowest BCUT2D eigenvalue weighted by molar-refractivity contribution is 0.573. The van der Waals surface area contributed by atoms with Gasteiger partial charge in [-0.25, -0.2) is 13.1 Å². The molecule has 20 heavy (non-hydrogen) atoms. The van der Waals surface area contributed by atoms with Crippen LogP contribution in [0, 0.1) is 0 Å². The van der Waals surface area contributed by atoms with Crippen LogP contribution in [0.5, 0.6) is 0 Å². The fourth-order valence-corrected chi connectivity index (χ4v) is 4.29. The molecule has 1 heterocycles. The van der Waals surface area contributed by atoms with Crippen molar-refractivity contribution < 1.29 is 8.42 Å². The number of thiophene rings is 1. The summed E-state index contributed by atoms with van der Waals surface area (Å²) in [4.78, 5) is 1.04. The minimum Gasteiger partial charge on any atom is -0.312 e. The Morgan fingerprint density at radius 1 is 1.35 bits per heavy atom. The summed E-state index contributed by atoms with van der Waals surface area (Å²) in [5.74, 6) is 0. The highest BCUT2D eigenvalue weighted by atomic mass is 32.2. The summed E-state index contributed by atoms with van der Waals surface area (Å²) in [6, 6.07) is 3.56. The number of nitrogens with one attached hydrogen (secondary N) is 2. The molecule has 1 rings (SSSR count). The molecule has 0 atom stereocenters. The molecular weight excluding hydrogens is 312 g/mol. The first kappa shape index (κ1) is 18.0. The van der Waals surface area contributed by atoms with Crippen molar-refractivity contribution in [3.05, 3.63) is 17.0 Å². The van der Waals surface area contributed by atoms with Gasteiger partial charge >= 0.3 is 0 Å². The average molecular weight is 337 g/mol. The SMILES string of the molecule is CCCNCc1ccc(S(=O)(=O)NCC(C)(C)SC)s1. The molecule has 2 N–H and O–H groups in total. The second-order valence-electron chi connectivity index (χ2n) is 5.19. The Morgan fingerprint density at radius 2 is 2.05 bits per heavy atom. The Hall–Kier alpha value is -0.0800. The summed E-state index contributed by atoms with van der Waals surface area (Å²) in [6.07, 6.45) is 3.05. The van der Waals surface area contributed by atoms with E-state index in [-0.39, 0.29) is 4.75 Å². The number of thioether (sulfide) groups is 1. The number of rotatable bonds is 9. The van der Waals surface area contributed by atoms with Crippen LogP contribution in [0.25, 0.3) is 0 Å². The summed E-state index contributed by atoms with van der Waals surface area (Å²) in [5.41, 5.74) is 0. The predicted octanol–water partition coefficient (Wildman–Crippen LogP) is 2.67. The molecule has 0 amide bonds. The molecule has 1 aromatic rings. The monoisotopic (exact) mass is 336 g/mol. The van der Waals surface area contributed by atoms with Crippen LogP contribution in [0.4, 0.5) is 0 Å². The van der Waals surface area contributed by atoms with Crippen LogP contribution in [-0.2, 0) is 16.6 Å². The Morgan fingerprint density at radius 3 is 2.65 bits per heavy atom. The lowest BCUT2D eigenvalue weighted by Crippen LogP contribution is -2.35. The third-order valence-electron chi connectivity index (χ3n) is 2.87. The Balaban J connectivity index is 2.64. The summed E-state index contributed by atoms with van der Waals surface area (Å²) in [6.45, 7) is 8.25. The molecule has 0 aromatic carbocycles. The van der Waals surface area contributed by atoms with Crippen LogP contribution in [-0.4, -0.2) is 32.5 Å². The second-order valence-corrected chi connectivity index (χ2v) is 9.86. The molecule has 0 saturated carbocycles. The Labute approximate surface area is 130 Å². The van der Waals surface area contributed by atoms with Gasteiger partial charge in [0.25, 0.3) is 0 Å². The quantitative estimate of drug-likeness (QED) is 0.681. The van der Waals surface area contributed by atoms with E-state index in [0.717, 1.165) is 24.4 Å². The van der Waals surface area contributed by atoms with Gasteiger partial charge < -0.3 is 5.32 Å². The summed E-state index contributed by atoms with van der Waals surface area (Å²) in [5, 5.41) is 3.27. The van der Waals surface area contributed by atoms with Crippen LogP contribution < -0.4 is 10.0 Å². The van der Waals surface area contributed by atoms with Gasteiger partial charge in [0, 0.05) is 22.7 Å². The second kappa shape index (κ2) is 7.79. The summed E-state index contributed by atoms with van der Waals surface area (Å²) in [7, 11) is -3.39. The van der Waals surface area contributed by atoms with E-state index in [9.17, 15) is 8.42 Å². The summed E-state index contributed by atoms with van der Waals surface area (Å²) >= 11 is 2.98. The van der Waals surface area contributed by atoms with E-state index in [1.165, 1.54) is 11.3 Å². The molecule has 0 spiro atoms. The zero-order valence-electron chi connectivity index (χ0n) is 12.5. The van der Waals surface area contributed by atoms with Gasteiger partial charge in [-0.15, -0.1) is 11.3 Å². The highest BCUT2D eigenvalue weighted by Crippen LogP contribution is 2.24. The molecule has 0 radical (unpaired) electrons. The lowest BCUT2D eigenvalue weighted by Gasteiger charge is -2.21. The maximum atomic E-state index is 12.2. The van der Waals surface area contributed by atoms with Crippen LogP contribution in [0.15, 0.2) is 16.3 Å². The zero-order chi connectivity index (χ0) is 15.2.